The first-order chi connectivity index (χ1) is 9.81. The van der Waals surface area contributed by atoms with Crippen LogP contribution >= 0.6 is 0 Å². The molecule has 0 aliphatic carbocycles. The molecule has 1 rings (SSSR count). The van der Waals surface area contributed by atoms with Gasteiger partial charge in [-0.2, -0.15) is 9.57 Å². The molecular weight excluding hydrogens is 292 g/mol. The third-order valence-electron chi connectivity index (χ3n) is 2.91. The normalized spacial score (nSPS) is 12.8. The number of carbonyl (C=O) groups excluding carboxylic acids is 1. The molecule has 0 heterocycles. The molecule has 21 heavy (non-hydrogen) atoms. The van der Waals surface area contributed by atoms with Gasteiger partial charge in [-0.25, -0.2) is 8.42 Å². The number of primary amides is 1. The molecule has 1 aromatic rings. The number of sulfonamides is 1. The molecule has 8 heteroatoms. The standard InChI is InChI=1S/C13H18N4O3S/c1-2-12(7-14)21(19,20)17(9-13(16)18)8-10-3-5-11(15)6-4-10/h3-6,12H,2,8-9,15H2,1H3,(H2,16,18). The molecule has 1 atom stereocenters. The van der Waals surface area contributed by atoms with E-state index in [0.717, 1.165) is 4.31 Å². The van der Waals surface area contributed by atoms with E-state index in [1.54, 1.807) is 37.3 Å². The van der Waals surface area contributed by atoms with Crippen LogP contribution in [-0.2, 0) is 21.4 Å². The summed E-state index contributed by atoms with van der Waals surface area (Å²) >= 11 is 0. The van der Waals surface area contributed by atoms with Crippen molar-refractivity contribution in [1.82, 2.24) is 4.31 Å². The van der Waals surface area contributed by atoms with Crippen molar-refractivity contribution < 1.29 is 13.2 Å². The van der Waals surface area contributed by atoms with Crippen LogP contribution in [0.2, 0.25) is 0 Å². The van der Waals surface area contributed by atoms with Gasteiger partial charge >= 0.3 is 0 Å². The summed E-state index contributed by atoms with van der Waals surface area (Å²) in [6.07, 6.45) is 0.135. The van der Waals surface area contributed by atoms with E-state index in [-0.39, 0.29) is 13.0 Å². The molecule has 0 aromatic heterocycles. The van der Waals surface area contributed by atoms with Crippen molar-refractivity contribution in [2.45, 2.75) is 25.1 Å². The van der Waals surface area contributed by atoms with Crippen LogP contribution in [0.4, 0.5) is 5.69 Å². The summed E-state index contributed by atoms with van der Waals surface area (Å²) in [5, 5.41) is 7.76. The Bertz CT molecular complexity index is 634. The van der Waals surface area contributed by atoms with E-state index in [1.807, 2.05) is 0 Å². The third kappa shape index (κ3) is 4.44. The van der Waals surface area contributed by atoms with E-state index >= 15 is 0 Å². The molecule has 1 aromatic carbocycles. The van der Waals surface area contributed by atoms with Gasteiger partial charge < -0.3 is 11.5 Å². The zero-order valence-corrected chi connectivity index (χ0v) is 12.5. The minimum absolute atomic E-state index is 0.0380. The smallest absolute Gasteiger partial charge is 0.232 e. The fourth-order valence-electron chi connectivity index (χ4n) is 1.78. The molecule has 0 aliphatic heterocycles. The number of hydrogen-bond acceptors (Lipinski definition) is 5. The number of rotatable bonds is 7. The van der Waals surface area contributed by atoms with Crippen molar-refractivity contribution in [2.24, 2.45) is 5.73 Å². The largest absolute Gasteiger partial charge is 0.399 e. The fourth-order valence-corrected chi connectivity index (χ4v) is 3.34. The summed E-state index contributed by atoms with van der Waals surface area (Å²) < 4.78 is 25.7. The maximum Gasteiger partial charge on any atom is 0.232 e. The van der Waals surface area contributed by atoms with Crippen molar-refractivity contribution >= 4 is 21.6 Å². The number of nitrogen functional groups attached to an aromatic ring is 1. The Morgan fingerprint density at radius 1 is 1.38 bits per heavy atom. The highest BCUT2D eigenvalue weighted by Crippen LogP contribution is 2.16. The fraction of sp³-hybridized carbons (Fsp3) is 0.385. The van der Waals surface area contributed by atoms with Gasteiger partial charge in [-0.1, -0.05) is 19.1 Å². The Hall–Kier alpha value is -2.11. The van der Waals surface area contributed by atoms with Crippen LogP contribution < -0.4 is 11.5 Å². The summed E-state index contributed by atoms with van der Waals surface area (Å²) in [4.78, 5) is 11.1. The lowest BCUT2D eigenvalue weighted by Gasteiger charge is -2.23. The predicted octanol–water partition coefficient (Wildman–Crippen LogP) is 0.188. The van der Waals surface area contributed by atoms with Gasteiger partial charge in [0.1, 0.15) is 0 Å². The van der Waals surface area contributed by atoms with Gasteiger partial charge in [0.25, 0.3) is 0 Å². The SMILES string of the molecule is CCC(C#N)S(=O)(=O)N(CC(N)=O)Cc1ccc(N)cc1. The van der Waals surface area contributed by atoms with Crippen molar-refractivity contribution in [3.8, 4) is 6.07 Å². The number of nitrogens with two attached hydrogens (primary N) is 2. The molecule has 0 saturated heterocycles. The zero-order valence-electron chi connectivity index (χ0n) is 11.7. The second kappa shape index (κ2) is 7.06. The Balaban J connectivity index is 3.08. The van der Waals surface area contributed by atoms with Crippen molar-refractivity contribution in [1.29, 1.82) is 5.26 Å². The van der Waals surface area contributed by atoms with Crippen LogP contribution in [-0.4, -0.2) is 30.4 Å². The highest BCUT2D eigenvalue weighted by atomic mass is 32.2. The quantitative estimate of drug-likeness (QED) is 0.694. The monoisotopic (exact) mass is 310 g/mol. The predicted molar refractivity (Wildman–Crippen MR) is 79.1 cm³/mol. The third-order valence-corrected chi connectivity index (χ3v) is 5.04. The molecule has 114 valence electrons. The van der Waals surface area contributed by atoms with Crippen molar-refractivity contribution in [3.05, 3.63) is 29.8 Å². The summed E-state index contributed by atoms with van der Waals surface area (Å²) in [6, 6.07) is 8.32. The first-order valence-electron chi connectivity index (χ1n) is 6.32. The summed E-state index contributed by atoms with van der Waals surface area (Å²) in [7, 11) is -3.93. The van der Waals surface area contributed by atoms with Gasteiger partial charge in [0.15, 0.2) is 5.25 Å². The van der Waals surface area contributed by atoms with Gasteiger partial charge in [-0.3, -0.25) is 4.79 Å². The Labute approximate surface area is 124 Å². The number of nitriles is 1. The first kappa shape index (κ1) is 16.9. The number of benzene rings is 1. The minimum atomic E-state index is -3.93. The lowest BCUT2D eigenvalue weighted by Crippen LogP contribution is -2.42. The average molecular weight is 310 g/mol. The van der Waals surface area contributed by atoms with Crippen molar-refractivity contribution in [3.63, 3.8) is 0 Å². The molecule has 0 spiro atoms. The summed E-state index contributed by atoms with van der Waals surface area (Å²) in [5.41, 5.74) is 11.9. The molecule has 0 radical (unpaired) electrons. The number of hydrogen-bond donors (Lipinski definition) is 2. The maximum absolute atomic E-state index is 12.4. The highest BCUT2D eigenvalue weighted by molar-refractivity contribution is 7.90. The molecule has 0 saturated carbocycles. The van der Waals surface area contributed by atoms with E-state index in [2.05, 4.69) is 0 Å². The Morgan fingerprint density at radius 3 is 2.38 bits per heavy atom. The average Bonchev–Trinajstić information content (AvgIpc) is 2.41. The van der Waals surface area contributed by atoms with Gasteiger partial charge in [0, 0.05) is 12.2 Å². The van der Waals surface area contributed by atoms with Gasteiger partial charge in [-0.05, 0) is 24.1 Å². The second-order valence-electron chi connectivity index (χ2n) is 4.55. The van der Waals surface area contributed by atoms with Gasteiger partial charge in [-0.15, -0.1) is 0 Å². The molecule has 0 aliphatic rings. The molecule has 0 fully saturated rings. The lowest BCUT2D eigenvalue weighted by atomic mass is 10.2. The van der Waals surface area contributed by atoms with E-state index in [0.29, 0.717) is 11.3 Å². The van der Waals surface area contributed by atoms with Gasteiger partial charge in [0.2, 0.25) is 15.9 Å². The van der Waals surface area contributed by atoms with Crippen LogP contribution in [0.5, 0.6) is 0 Å². The van der Waals surface area contributed by atoms with Crippen LogP contribution in [0.1, 0.15) is 18.9 Å². The van der Waals surface area contributed by atoms with E-state index in [9.17, 15) is 13.2 Å². The van der Waals surface area contributed by atoms with Crippen LogP contribution in [0.15, 0.2) is 24.3 Å². The number of anilines is 1. The molecule has 1 unspecified atom stereocenters. The lowest BCUT2D eigenvalue weighted by molar-refractivity contribution is -0.118. The molecule has 7 nitrogen and oxygen atoms in total. The van der Waals surface area contributed by atoms with Crippen LogP contribution in [0.25, 0.3) is 0 Å². The Morgan fingerprint density at radius 2 is 1.95 bits per heavy atom. The molecule has 1 amide bonds. The number of nitrogens with zero attached hydrogens (tertiary/aromatic N) is 2. The number of amides is 1. The summed E-state index contributed by atoms with van der Waals surface area (Å²) in [6.45, 7) is 1.09. The highest BCUT2D eigenvalue weighted by Gasteiger charge is 2.31. The van der Waals surface area contributed by atoms with Crippen molar-refractivity contribution in [2.75, 3.05) is 12.3 Å². The minimum Gasteiger partial charge on any atom is -0.399 e. The summed E-state index contributed by atoms with van der Waals surface area (Å²) in [5.74, 6) is -0.776. The van der Waals surface area contributed by atoms with E-state index in [1.165, 1.54) is 0 Å². The molecule has 4 N–H and O–H groups in total. The van der Waals surface area contributed by atoms with Crippen LogP contribution in [0.3, 0.4) is 0 Å². The molecule has 0 bridgehead atoms. The second-order valence-corrected chi connectivity index (χ2v) is 6.66. The maximum atomic E-state index is 12.4. The van der Waals surface area contributed by atoms with Crippen LogP contribution in [0, 0.1) is 11.3 Å². The Kier molecular flexibility index (Phi) is 5.69. The van der Waals surface area contributed by atoms with E-state index in [4.69, 9.17) is 16.7 Å². The first-order valence-corrected chi connectivity index (χ1v) is 7.82. The zero-order chi connectivity index (χ0) is 16.0. The molecular formula is C13H18N4O3S. The number of carbonyl (C=O) groups is 1. The topological polar surface area (TPSA) is 130 Å². The van der Waals surface area contributed by atoms with Gasteiger partial charge in [0.05, 0.1) is 12.6 Å². The van der Waals surface area contributed by atoms with E-state index < -0.39 is 27.7 Å².